The van der Waals surface area contributed by atoms with Crippen molar-refractivity contribution in [2.45, 2.75) is 25.6 Å². The number of nitro groups is 1. The van der Waals surface area contributed by atoms with E-state index in [1.165, 1.54) is 6.08 Å². The molecule has 35 heavy (non-hydrogen) atoms. The number of para-hydroxylation sites is 1. The highest BCUT2D eigenvalue weighted by molar-refractivity contribution is 6.35. The summed E-state index contributed by atoms with van der Waals surface area (Å²) >= 11 is 12.3. The van der Waals surface area contributed by atoms with E-state index in [2.05, 4.69) is 5.32 Å². The van der Waals surface area contributed by atoms with Gasteiger partial charge in [0, 0.05) is 45.5 Å². The van der Waals surface area contributed by atoms with Crippen LogP contribution in [0.3, 0.4) is 0 Å². The summed E-state index contributed by atoms with van der Waals surface area (Å²) in [4.78, 5) is 43.1. The minimum Gasteiger partial charge on any atom is -0.481 e. The van der Waals surface area contributed by atoms with Crippen LogP contribution in [0.25, 0.3) is 17.0 Å². The Kier molecular flexibility index (Phi) is 8.10. The van der Waals surface area contributed by atoms with E-state index in [0.29, 0.717) is 16.6 Å². The van der Waals surface area contributed by atoms with E-state index in [1.807, 2.05) is 46.4 Å². The first-order valence-electron chi connectivity index (χ1n) is 10.2. The zero-order chi connectivity index (χ0) is 25.7. The molecule has 182 valence electrons. The fourth-order valence-corrected chi connectivity index (χ4v) is 4.04. The van der Waals surface area contributed by atoms with Gasteiger partial charge in [-0.05, 0) is 29.3 Å². The van der Waals surface area contributed by atoms with Crippen molar-refractivity contribution >= 4 is 58.1 Å². The number of benzene rings is 2. The van der Waals surface area contributed by atoms with Gasteiger partial charge in [0.2, 0.25) is 0 Å². The second-order valence-corrected chi connectivity index (χ2v) is 8.41. The number of carboxylic acid groups (broad SMARTS) is 1. The van der Waals surface area contributed by atoms with Gasteiger partial charge >= 0.3 is 18.0 Å². The van der Waals surface area contributed by atoms with Gasteiger partial charge in [0.15, 0.2) is 0 Å². The second-order valence-electron chi connectivity index (χ2n) is 7.56. The van der Waals surface area contributed by atoms with Gasteiger partial charge in [0.25, 0.3) is 5.97 Å². The number of rotatable bonds is 5. The number of halogens is 2. The van der Waals surface area contributed by atoms with Gasteiger partial charge in [-0.2, -0.15) is 0 Å². The summed E-state index contributed by atoms with van der Waals surface area (Å²) in [6.07, 6.45) is 5.02. The molecule has 0 bridgehead atoms. The van der Waals surface area contributed by atoms with Gasteiger partial charge in [-0.25, -0.2) is 4.79 Å². The maximum atomic E-state index is 11.9. The highest BCUT2D eigenvalue weighted by atomic mass is 35.5. The summed E-state index contributed by atoms with van der Waals surface area (Å²) in [7, 11) is 0. The molecular formula is C23H20Cl2N4O6. The number of nitrogens with one attached hydrogen (secondary N) is 2. The first-order valence-corrected chi connectivity index (χ1v) is 11.0. The number of aromatic nitrogens is 1. The number of hydrogen-bond acceptors (Lipinski definition) is 5. The van der Waals surface area contributed by atoms with Gasteiger partial charge in [0.05, 0.1) is 0 Å². The average molecular weight is 519 g/mol. The summed E-state index contributed by atoms with van der Waals surface area (Å²) < 4.78 is 2.00. The summed E-state index contributed by atoms with van der Waals surface area (Å²) in [6, 6.07) is 9.53. The molecular weight excluding hydrogens is 499 g/mol. The molecule has 0 saturated carbocycles. The Labute approximate surface area is 209 Å². The van der Waals surface area contributed by atoms with Gasteiger partial charge in [-0.1, -0.05) is 59.6 Å². The molecule has 1 aliphatic rings. The summed E-state index contributed by atoms with van der Waals surface area (Å²) in [5, 5.41) is 25.1. The smallest absolute Gasteiger partial charge is 0.322 e. The largest absolute Gasteiger partial charge is 0.481 e. The lowest BCUT2D eigenvalue weighted by molar-refractivity contribution is -0.510. The van der Waals surface area contributed by atoms with E-state index in [-0.39, 0.29) is 0 Å². The maximum absolute atomic E-state index is 11.9. The molecule has 0 aliphatic carbocycles. The van der Waals surface area contributed by atoms with Crippen molar-refractivity contribution in [3.63, 3.8) is 0 Å². The van der Waals surface area contributed by atoms with Crippen LogP contribution in [0.15, 0.2) is 54.7 Å². The fraction of sp³-hybridized carbons (Fsp3) is 0.174. The fourth-order valence-electron chi connectivity index (χ4n) is 3.58. The third-order valence-corrected chi connectivity index (χ3v) is 5.62. The number of carbonyl (C=O) groups is 3. The SMILES string of the molecule is CC(=O)O.O=C1NC(=O)C([N+](=O)[O-])C(/C=C/c2cn(Cc3ccc(Cl)cc3Cl)c3ccccc23)N1. The molecule has 10 nitrogen and oxygen atoms in total. The normalized spacial score (nSPS) is 17.5. The predicted octanol–water partition coefficient (Wildman–Crippen LogP) is 3.95. The number of carboxylic acids is 1. The van der Waals surface area contributed by atoms with E-state index in [1.54, 1.807) is 18.2 Å². The molecule has 1 aliphatic heterocycles. The van der Waals surface area contributed by atoms with E-state index >= 15 is 0 Å². The molecule has 3 aromatic rings. The number of amides is 3. The molecule has 1 fully saturated rings. The highest BCUT2D eigenvalue weighted by Crippen LogP contribution is 2.27. The van der Waals surface area contributed by atoms with E-state index in [9.17, 15) is 19.7 Å². The lowest BCUT2D eigenvalue weighted by atomic mass is 10.0. The van der Waals surface area contributed by atoms with Crippen molar-refractivity contribution in [1.82, 2.24) is 15.2 Å². The van der Waals surface area contributed by atoms with E-state index in [0.717, 1.165) is 29.0 Å². The predicted molar refractivity (Wildman–Crippen MR) is 131 cm³/mol. The third-order valence-electron chi connectivity index (χ3n) is 5.03. The summed E-state index contributed by atoms with van der Waals surface area (Å²) in [5.41, 5.74) is 2.60. The van der Waals surface area contributed by atoms with Gasteiger partial charge in [0.1, 0.15) is 6.04 Å². The van der Waals surface area contributed by atoms with Gasteiger partial charge in [-0.15, -0.1) is 0 Å². The quantitative estimate of drug-likeness (QED) is 0.344. The van der Waals surface area contributed by atoms with Crippen LogP contribution in [0, 0.1) is 10.1 Å². The maximum Gasteiger partial charge on any atom is 0.322 e. The number of aliphatic carboxylic acids is 1. The Balaban J connectivity index is 0.000000795. The van der Waals surface area contributed by atoms with Crippen LogP contribution >= 0.6 is 23.2 Å². The second kappa shape index (κ2) is 11.0. The molecule has 3 amide bonds. The number of fused-ring (bicyclic) bond motifs is 1. The monoisotopic (exact) mass is 518 g/mol. The van der Waals surface area contributed by atoms with Crippen molar-refractivity contribution in [3.05, 3.63) is 86.0 Å². The van der Waals surface area contributed by atoms with Crippen LogP contribution in [0.2, 0.25) is 10.0 Å². The Morgan fingerprint density at radius 2 is 1.91 bits per heavy atom. The first-order chi connectivity index (χ1) is 16.6. The molecule has 12 heteroatoms. The molecule has 2 aromatic carbocycles. The molecule has 1 saturated heterocycles. The van der Waals surface area contributed by atoms with Crippen LogP contribution in [-0.4, -0.2) is 44.6 Å². The van der Waals surface area contributed by atoms with Crippen LogP contribution in [0.5, 0.6) is 0 Å². The molecule has 2 unspecified atom stereocenters. The molecule has 0 radical (unpaired) electrons. The number of carbonyl (C=O) groups excluding carboxylic acids is 2. The Morgan fingerprint density at radius 1 is 1.23 bits per heavy atom. The Hall–Kier alpha value is -3.89. The number of hydrogen-bond donors (Lipinski definition) is 3. The molecule has 0 spiro atoms. The van der Waals surface area contributed by atoms with Crippen molar-refractivity contribution < 1.29 is 24.4 Å². The van der Waals surface area contributed by atoms with Crippen LogP contribution in [-0.2, 0) is 16.1 Å². The molecule has 3 N–H and O–H groups in total. The minimum absolute atomic E-state index is 0.491. The van der Waals surface area contributed by atoms with Crippen molar-refractivity contribution in [2.75, 3.05) is 0 Å². The van der Waals surface area contributed by atoms with Gasteiger partial charge in [-0.3, -0.25) is 25.0 Å². The molecule has 2 heterocycles. The van der Waals surface area contributed by atoms with Crippen LogP contribution < -0.4 is 10.6 Å². The molecule has 4 rings (SSSR count). The number of nitrogens with zero attached hydrogens (tertiary/aromatic N) is 2. The minimum atomic E-state index is -1.60. The van der Waals surface area contributed by atoms with Crippen molar-refractivity contribution in [2.24, 2.45) is 0 Å². The lowest BCUT2D eigenvalue weighted by Crippen LogP contribution is -2.62. The van der Waals surface area contributed by atoms with E-state index in [4.69, 9.17) is 33.1 Å². The first kappa shape index (κ1) is 25.7. The zero-order valence-electron chi connectivity index (χ0n) is 18.3. The zero-order valence-corrected chi connectivity index (χ0v) is 19.8. The molecule has 2 atom stereocenters. The van der Waals surface area contributed by atoms with Crippen molar-refractivity contribution in [1.29, 1.82) is 0 Å². The van der Waals surface area contributed by atoms with Gasteiger partial charge < -0.3 is 15.0 Å². The number of urea groups is 1. The Bertz CT molecular complexity index is 1330. The molecule has 1 aromatic heterocycles. The number of imide groups is 1. The standard InChI is InChI=1S/C21H16Cl2N4O4.C2H4O2/c22-14-7-5-13(16(23)9-14)11-26-10-12(15-3-1-2-4-18(15)26)6-8-17-19(27(30)31)20(28)25-21(29)24-17;1-2(3)4/h1-10,17,19H,11H2,(H2,24,25,28,29);1H3,(H,3,4)/b8-6+;. The van der Waals surface area contributed by atoms with Crippen LogP contribution in [0.4, 0.5) is 4.79 Å². The third kappa shape index (κ3) is 6.37. The summed E-state index contributed by atoms with van der Waals surface area (Å²) in [6.45, 7) is 1.57. The topological polar surface area (TPSA) is 144 Å². The summed E-state index contributed by atoms with van der Waals surface area (Å²) in [5.74, 6) is -1.77. The highest BCUT2D eigenvalue weighted by Gasteiger charge is 2.43. The lowest BCUT2D eigenvalue weighted by Gasteiger charge is -2.23. The van der Waals surface area contributed by atoms with Crippen LogP contribution in [0.1, 0.15) is 18.1 Å². The van der Waals surface area contributed by atoms with Crippen molar-refractivity contribution in [3.8, 4) is 0 Å². The Morgan fingerprint density at radius 3 is 2.57 bits per heavy atom. The average Bonchev–Trinajstić information content (AvgIpc) is 3.10. The van der Waals surface area contributed by atoms with E-state index < -0.39 is 34.9 Å².